The van der Waals surface area contributed by atoms with Crippen molar-refractivity contribution in [3.8, 4) is 0 Å². The van der Waals surface area contributed by atoms with Gasteiger partial charge in [-0.25, -0.2) is 0 Å². The molecule has 0 aromatic heterocycles. The average Bonchev–Trinajstić information content (AvgIpc) is 2.85. The number of hydrogen-bond acceptors (Lipinski definition) is 4. The first-order valence-electron chi connectivity index (χ1n) is 9.02. The molecule has 0 fully saturated rings. The molecular formula is C19H28N2O3. The van der Waals surface area contributed by atoms with E-state index in [0.717, 1.165) is 31.1 Å². The first-order valence-corrected chi connectivity index (χ1v) is 9.02. The Morgan fingerprint density at radius 3 is 1.88 bits per heavy atom. The van der Waals surface area contributed by atoms with Crippen LogP contribution in [0.15, 0.2) is 24.3 Å². The number of rotatable bonds is 11. The molecule has 0 saturated heterocycles. The molecule has 5 heteroatoms. The van der Waals surface area contributed by atoms with Gasteiger partial charge in [-0.2, -0.15) is 0 Å². The molecule has 0 spiro atoms. The van der Waals surface area contributed by atoms with E-state index in [-0.39, 0.29) is 11.8 Å². The fourth-order valence-electron chi connectivity index (χ4n) is 2.83. The third-order valence-corrected chi connectivity index (χ3v) is 4.25. The van der Waals surface area contributed by atoms with E-state index in [1.807, 2.05) is 0 Å². The van der Waals surface area contributed by atoms with Crippen LogP contribution in [0.25, 0.3) is 0 Å². The van der Waals surface area contributed by atoms with Crippen molar-refractivity contribution in [1.29, 1.82) is 0 Å². The maximum Gasteiger partial charge on any atom is 0.285 e. The summed E-state index contributed by atoms with van der Waals surface area (Å²) < 4.78 is 0. The molecule has 5 nitrogen and oxygen atoms in total. The van der Waals surface area contributed by atoms with Crippen molar-refractivity contribution in [3.63, 3.8) is 0 Å². The first kappa shape index (κ1) is 18.6. The molecule has 2 rings (SSSR count). The highest BCUT2D eigenvalue weighted by molar-refractivity contribution is 6.20. The number of amides is 2. The summed E-state index contributed by atoms with van der Waals surface area (Å²) in [4.78, 5) is 32.3. The summed E-state index contributed by atoms with van der Waals surface area (Å²) >= 11 is 0. The van der Waals surface area contributed by atoms with Crippen molar-refractivity contribution < 1.29 is 14.4 Å². The average molecular weight is 332 g/mol. The van der Waals surface area contributed by atoms with Gasteiger partial charge in [0.25, 0.3) is 11.8 Å². The van der Waals surface area contributed by atoms with Crippen molar-refractivity contribution in [2.45, 2.75) is 46.0 Å². The molecule has 0 N–H and O–H groups in total. The van der Waals surface area contributed by atoms with Crippen LogP contribution >= 0.6 is 0 Å². The van der Waals surface area contributed by atoms with Crippen LogP contribution in [0.1, 0.15) is 66.7 Å². The zero-order chi connectivity index (χ0) is 17.4. The molecule has 0 atom stereocenters. The molecule has 0 saturated carbocycles. The smallest absolute Gasteiger partial charge is 0.285 e. The number of hydrogen-bond donors (Lipinski definition) is 0. The van der Waals surface area contributed by atoms with E-state index in [1.165, 1.54) is 25.7 Å². The largest absolute Gasteiger partial charge is 0.303 e. The number of benzene rings is 1. The summed E-state index contributed by atoms with van der Waals surface area (Å²) in [6.45, 7) is 7.91. The number of carbonyl (C=O) groups excluding carboxylic acids is 2. The van der Waals surface area contributed by atoms with Gasteiger partial charge in [0, 0.05) is 6.54 Å². The van der Waals surface area contributed by atoms with Gasteiger partial charge in [-0.05, 0) is 44.5 Å². The minimum Gasteiger partial charge on any atom is -0.303 e. The molecule has 0 aliphatic carbocycles. The predicted molar refractivity (Wildman–Crippen MR) is 93.8 cm³/mol. The Morgan fingerprint density at radius 1 is 0.875 bits per heavy atom. The Labute approximate surface area is 144 Å². The molecule has 0 radical (unpaired) electrons. The Morgan fingerprint density at radius 2 is 1.38 bits per heavy atom. The number of carbonyl (C=O) groups is 2. The fourth-order valence-corrected chi connectivity index (χ4v) is 2.83. The van der Waals surface area contributed by atoms with E-state index in [9.17, 15) is 9.59 Å². The van der Waals surface area contributed by atoms with Crippen LogP contribution in [0.2, 0.25) is 0 Å². The van der Waals surface area contributed by atoms with E-state index >= 15 is 0 Å². The van der Waals surface area contributed by atoms with Gasteiger partial charge in [0.05, 0.1) is 17.7 Å². The summed E-state index contributed by atoms with van der Waals surface area (Å²) in [6.07, 6.45) is 5.58. The summed E-state index contributed by atoms with van der Waals surface area (Å²) in [5, 5.41) is 0.910. The zero-order valence-corrected chi connectivity index (χ0v) is 14.8. The SMILES string of the molecule is CCCCN(CCCC)CCCON1C(=O)c2ccccc2C1=O. The minimum absolute atomic E-state index is 0.357. The molecule has 0 unspecified atom stereocenters. The summed E-state index contributed by atoms with van der Waals surface area (Å²) in [5.41, 5.74) is 0.852. The van der Waals surface area contributed by atoms with Crippen LogP contribution < -0.4 is 0 Å². The minimum atomic E-state index is -0.357. The molecule has 24 heavy (non-hydrogen) atoms. The van der Waals surface area contributed by atoms with Gasteiger partial charge < -0.3 is 4.90 Å². The monoisotopic (exact) mass is 332 g/mol. The van der Waals surface area contributed by atoms with Crippen molar-refractivity contribution in [2.75, 3.05) is 26.2 Å². The maximum absolute atomic E-state index is 12.2. The quantitative estimate of drug-likeness (QED) is 0.460. The second kappa shape index (κ2) is 9.55. The second-order valence-corrected chi connectivity index (χ2v) is 6.19. The molecule has 1 heterocycles. The Bertz CT molecular complexity index is 516. The number of unbranched alkanes of at least 4 members (excludes halogenated alkanes) is 2. The molecule has 1 aromatic carbocycles. The van der Waals surface area contributed by atoms with Crippen LogP contribution in [0.4, 0.5) is 0 Å². The van der Waals surface area contributed by atoms with Gasteiger partial charge in [0.2, 0.25) is 0 Å². The Kier molecular flexibility index (Phi) is 7.40. The molecule has 0 bridgehead atoms. The molecule has 1 aliphatic rings. The third-order valence-electron chi connectivity index (χ3n) is 4.25. The van der Waals surface area contributed by atoms with Gasteiger partial charge in [0.1, 0.15) is 0 Å². The fraction of sp³-hybridized carbons (Fsp3) is 0.579. The van der Waals surface area contributed by atoms with E-state index < -0.39 is 0 Å². The maximum atomic E-state index is 12.2. The second-order valence-electron chi connectivity index (χ2n) is 6.19. The van der Waals surface area contributed by atoms with E-state index in [4.69, 9.17) is 4.84 Å². The number of hydroxylamine groups is 2. The van der Waals surface area contributed by atoms with Crippen molar-refractivity contribution in [2.24, 2.45) is 0 Å². The number of imide groups is 1. The van der Waals surface area contributed by atoms with Gasteiger partial charge in [0.15, 0.2) is 0 Å². The van der Waals surface area contributed by atoms with Gasteiger partial charge >= 0.3 is 0 Å². The van der Waals surface area contributed by atoms with Crippen LogP contribution in [0, 0.1) is 0 Å². The molecular weight excluding hydrogens is 304 g/mol. The topological polar surface area (TPSA) is 49.9 Å². The van der Waals surface area contributed by atoms with Crippen molar-refractivity contribution in [3.05, 3.63) is 35.4 Å². The standard InChI is InChI=1S/C19H28N2O3/c1-3-5-12-20(13-6-4-2)14-9-15-24-21-18(22)16-10-7-8-11-17(16)19(21)23/h7-8,10-11H,3-6,9,12-15H2,1-2H3. The predicted octanol–water partition coefficient (Wildman–Crippen LogP) is 3.51. The van der Waals surface area contributed by atoms with Crippen LogP contribution in [-0.2, 0) is 4.84 Å². The molecule has 1 aromatic rings. The molecule has 132 valence electrons. The van der Waals surface area contributed by atoms with Crippen LogP contribution in [0.3, 0.4) is 0 Å². The highest BCUT2D eigenvalue weighted by Crippen LogP contribution is 2.22. The zero-order valence-electron chi connectivity index (χ0n) is 14.8. The summed E-state index contributed by atoms with van der Waals surface area (Å²) in [6, 6.07) is 6.84. The van der Waals surface area contributed by atoms with Crippen LogP contribution in [0.5, 0.6) is 0 Å². The third kappa shape index (κ3) is 4.65. The lowest BCUT2D eigenvalue weighted by atomic mass is 10.1. The summed E-state index contributed by atoms with van der Waals surface area (Å²) in [7, 11) is 0. The number of fused-ring (bicyclic) bond motifs is 1. The lowest BCUT2D eigenvalue weighted by Crippen LogP contribution is -2.32. The van der Waals surface area contributed by atoms with Crippen molar-refractivity contribution >= 4 is 11.8 Å². The van der Waals surface area contributed by atoms with Gasteiger partial charge in [-0.1, -0.05) is 38.8 Å². The van der Waals surface area contributed by atoms with Crippen LogP contribution in [-0.4, -0.2) is 48.0 Å². The van der Waals surface area contributed by atoms with Gasteiger partial charge in [-0.3, -0.25) is 14.4 Å². The highest BCUT2D eigenvalue weighted by atomic mass is 16.7. The van der Waals surface area contributed by atoms with Gasteiger partial charge in [-0.15, -0.1) is 5.06 Å². The highest BCUT2D eigenvalue weighted by Gasteiger charge is 2.36. The first-order chi connectivity index (χ1) is 11.7. The number of nitrogens with zero attached hydrogens (tertiary/aromatic N) is 2. The van der Waals surface area contributed by atoms with E-state index in [1.54, 1.807) is 24.3 Å². The lowest BCUT2D eigenvalue weighted by Gasteiger charge is -2.22. The normalized spacial score (nSPS) is 13.9. The lowest BCUT2D eigenvalue weighted by molar-refractivity contribution is -0.0930. The molecule has 1 aliphatic heterocycles. The Hall–Kier alpha value is -1.72. The van der Waals surface area contributed by atoms with E-state index in [2.05, 4.69) is 18.7 Å². The van der Waals surface area contributed by atoms with E-state index in [0.29, 0.717) is 17.7 Å². The summed E-state index contributed by atoms with van der Waals surface area (Å²) in [5.74, 6) is -0.714. The van der Waals surface area contributed by atoms with Crippen molar-refractivity contribution in [1.82, 2.24) is 9.96 Å². The molecule has 2 amide bonds. The Balaban J connectivity index is 1.77.